The molecule has 0 unspecified atom stereocenters. The van der Waals surface area contributed by atoms with Crippen molar-refractivity contribution in [3.05, 3.63) is 29.3 Å². The van der Waals surface area contributed by atoms with Crippen molar-refractivity contribution in [3.8, 4) is 0 Å². The number of amides is 1. The zero-order valence-corrected chi connectivity index (χ0v) is 11.3. The summed E-state index contributed by atoms with van der Waals surface area (Å²) in [4.78, 5) is 23.7. The van der Waals surface area contributed by atoms with Gasteiger partial charge >= 0.3 is 6.18 Å². The molecule has 1 fully saturated rings. The van der Waals surface area contributed by atoms with Crippen LogP contribution in [0.15, 0.2) is 12.1 Å². The summed E-state index contributed by atoms with van der Waals surface area (Å²) in [7, 11) is 0. The molecule has 1 N–H and O–H groups in total. The molecule has 0 saturated carbocycles. The predicted molar refractivity (Wildman–Crippen MR) is 66.6 cm³/mol. The van der Waals surface area contributed by atoms with Crippen LogP contribution in [0.5, 0.6) is 0 Å². The molecular formula is C13H11F5N2O2. The maximum absolute atomic E-state index is 13.8. The first-order valence-corrected chi connectivity index (χ1v) is 6.23. The van der Waals surface area contributed by atoms with Crippen LogP contribution in [-0.2, 0) is 4.79 Å². The number of anilines is 1. The van der Waals surface area contributed by atoms with Gasteiger partial charge in [0.25, 0.3) is 5.91 Å². The van der Waals surface area contributed by atoms with Crippen molar-refractivity contribution in [3.63, 3.8) is 0 Å². The second kappa shape index (κ2) is 5.54. The van der Waals surface area contributed by atoms with E-state index >= 15 is 0 Å². The van der Waals surface area contributed by atoms with Gasteiger partial charge in [-0.2, -0.15) is 13.2 Å². The Morgan fingerprint density at radius 3 is 2.32 bits per heavy atom. The molecule has 2 rings (SSSR count). The molecule has 1 heterocycles. The highest BCUT2D eigenvalue weighted by Crippen LogP contribution is 2.26. The Hall–Kier alpha value is -2.19. The first kappa shape index (κ1) is 16.2. The quantitative estimate of drug-likeness (QED) is 0.867. The van der Waals surface area contributed by atoms with E-state index in [0.717, 1.165) is 0 Å². The first-order valence-electron chi connectivity index (χ1n) is 6.23. The number of alkyl halides is 3. The van der Waals surface area contributed by atoms with Crippen LogP contribution < -0.4 is 10.2 Å². The molecular weight excluding hydrogens is 311 g/mol. The van der Waals surface area contributed by atoms with Crippen molar-refractivity contribution in [2.45, 2.75) is 19.1 Å². The lowest BCUT2D eigenvalue weighted by atomic mass is 10.1. The molecule has 1 aromatic rings. The number of ketones is 1. The van der Waals surface area contributed by atoms with Crippen LogP contribution in [0.3, 0.4) is 0 Å². The van der Waals surface area contributed by atoms with Crippen LogP contribution in [-0.4, -0.2) is 37.0 Å². The van der Waals surface area contributed by atoms with Crippen LogP contribution in [0, 0.1) is 11.6 Å². The summed E-state index contributed by atoms with van der Waals surface area (Å²) in [6.07, 6.45) is -4.69. The largest absolute Gasteiger partial charge is 0.408 e. The summed E-state index contributed by atoms with van der Waals surface area (Å²) in [5, 5.41) is 1.55. The molecule has 1 aliphatic heterocycles. The Labute approximate surface area is 121 Å². The molecule has 1 aromatic carbocycles. The molecule has 0 radical (unpaired) electrons. The van der Waals surface area contributed by atoms with Crippen LogP contribution >= 0.6 is 0 Å². The SMILES string of the molecule is C[C@H](NC(=O)c1cc(F)c(N2CC(=O)C2)cc1F)C(F)(F)F. The second-order valence-corrected chi connectivity index (χ2v) is 4.91. The summed E-state index contributed by atoms with van der Waals surface area (Å²) in [6.45, 7) is 0.534. The van der Waals surface area contributed by atoms with Crippen molar-refractivity contribution < 1.29 is 31.5 Å². The van der Waals surface area contributed by atoms with E-state index in [1.165, 1.54) is 4.90 Å². The Morgan fingerprint density at radius 2 is 1.82 bits per heavy atom. The average Bonchev–Trinajstić information content (AvgIpc) is 2.36. The van der Waals surface area contributed by atoms with Gasteiger partial charge in [-0.05, 0) is 13.0 Å². The van der Waals surface area contributed by atoms with E-state index in [0.29, 0.717) is 19.1 Å². The fraction of sp³-hybridized carbons (Fsp3) is 0.385. The topological polar surface area (TPSA) is 49.4 Å². The minimum Gasteiger partial charge on any atom is -0.354 e. The van der Waals surface area contributed by atoms with E-state index in [4.69, 9.17) is 0 Å². The van der Waals surface area contributed by atoms with Gasteiger partial charge in [0.1, 0.15) is 17.7 Å². The highest BCUT2D eigenvalue weighted by Gasteiger charge is 2.37. The lowest BCUT2D eigenvalue weighted by Crippen LogP contribution is -2.47. The van der Waals surface area contributed by atoms with Crippen LogP contribution in [0.1, 0.15) is 17.3 Å². The Bertz CT molecular complexity index is 622. The zero-order valence-electron chi connectivity index (χ0n) is 11.3. The summed E-state index contributed by atoms with van der Waals surface area (Å²) < 4.78 is 64.7. The van der Waals surface area contributed by atoms with Gasteiger partial charge in [-0.1, -0.05) is 0 Å². The third-order valence-electron chi connectivity index (χ3n) is 3.19. The lowest BCUT2D eigenvalue weighted by Gasteiger charge is -2.31. The van der Waals surface area contributed by atoms with E-state index in [2.05, 4.69) is 0 Å². The van der Waals surface area contributed by atoms with Crippen molar-refractivity contribution >= 4 is 17.4 Å². The van der Waals surface area contributed by atoms with E-state index in [-0.39, 0.29) is 24.6 Å². The number of Topliss-reactive ketones (excluding diaryl/α,β-unsaturated/α-hetero) is 1. The maximum Gasteiger partial charge on any atom is 0.408 e. The number of nitrogens with zero attached hydrogens (tertiary/aromatic N) is 1. The average molecular weight is 322 g/mol. The number of nitrogens with one attached hydrogen (secondary N) is 1. The fourth-order valence-corrected chi connectivity index (χ4v) is 1.86. The molecule has 120 valence electrons. The summed E-state index contributed by atoms with van der Waals surface area (Å²) in [6, 6.07) is -0.990. The number of halogens is 5. The molecule has 22 heavy (non-hydrogen) atoms. The first-order chi connectivity index (χ1) is 10.1. The highest BCUT2D eigenvalue weighted by molar-refractivity contribution is 5.97. The van der Waals surface area contributed by atoms with Crippen LogP contribution in [0.4, 0.5) is 27.6 Å². The van der Waals surface area contributed by atoms with E-state index in [1.54, 1.807) is 5.32 Å². The monoisotopic (exact) mass is 322 g/mol. The van der Waals surface area contributed by atoms with Gasteiger partial charge in [0.15, 0.2) is 5.78 Å². The van der Waals surface area contributed by atoms with Crippen LogP contribution in [0.2, 0.25) is 0 Å². The minimum absolute atomic E-state index is 0.0764. The van der Waals surface area contributed by atoms with Crippen molar-refractivity contribution in [2.24, 2.45) is 0 Å². The normalized spacial score (nSPS) is 16.3. The molecule has 1 aliphatic rings. The molecule has 1 amide bonds. The molecule has 0 aromatic heterocycles. The summed E-state index contributed by atoms with van der Waals surface area (Å²) in [5.41, 5.74) is -1.04. The van der Waals surface area contributed by atoms with Crippen molar-refractivity contribution in [1.29, 1.82) is 0 Å². The number of carbonyl (C=O) groups excluding carboxylic acids is 2. The molecule has 1 saturated heterocycles. The second-order valence-electron chi connectivity index (χ2n) is 4.91. The number of benzene rings is 1. The molecule has 4 nitrogen and oxygen atoms in total. The molecule has 0 bridgehead atoms. The molecule has 1 atom stereocenters. The summed E-state index contributed by atoms with van der Waals surface area (Å²) >= 11 is 0. The molecule has 9 heteroatoms. The third kappa shape index (κ3) is 3.18. The number of carbonyl (C=O) groups is 2. The van der Waals surface area contributed by atoms with Gasteiger partial charge in [0.05, 0.1) is 24.3 Å². The van der Waals surface area contributed by atoms with Gasteiger partial charge in [0, 0.05) is 6.07 Å². The summed E-state index contributed by atoms with van der Waals surface area (Å²) in [5.74, 6) is -3.67. The predicted octanol–water partition coefficient (Wildman–Crippen LogP) is 2.03. The smallest absolute Gasteiger partial charge is 0.354 e. The van der Waals surface area contributed by atoms with Crippen molar-refractivity contribution in [1.82, 2.24) is 5.32 Å². The Kier molecular flexibility index (Phi) is 4.08. The number of rotatable bonds is 3. The van der Waals surface area contributed by atoms with Gasteiger partial charge in [-0.25, -0.2) is 8.78 Å². The van der Waals surface area contributed by atoms with Gasteiger partial charge in [0.2, 0.25) is 0 Å². The van der Waals surface area contributed by atoms with Gasteiger partial charge < -0.3 is 10.2 Å². The Balaban J connectivity index is 2.20. The van der Waals surface area contributed by atoms with Crippen molar-refractivity contribution in [2.75, 3.05) is 18.0 Å². The zero-order chi connectivity index (χ0) is 16.7. The Morgan fingerprint density at radius 1 is 1.23 bits per heavy atom. The third-order valence-corrected chi connectivity index (χ3v) is 3.19. The fourth-order valence-electron chi connectivity index (χ4n) is 1.86. The van der Waals surface area contributed by atoms with Gasteiger partial charge in [-0.3, -0.25) is 9.59 Å². The molecule has 0 aliphatic carbocycles. The number of hydrogen-bond donors (Lipinski definition) is 1. The highest BCUT2D eigenvalue weighted by atomic mass is 19.4. The van der Waals surface area contributed by atoms with Crippen LogP contribution in [0.25, 0.3) is 0 Å². The van der Waals surface area contributed by atoms with E-state index in [9.17, 15) is 31.5 Å². The van der Waals surface area contributed by atoms with E-state index in [1.807, 2.05) is 0 Å². The standard InChI is InChI=1S/C13H11F5N2O2/c1-6(13(16,17)18)19-12(22)8-2-10(15)11(3-9(8)14)20-4-7(21)5-20/h2-3,6H,4-5H2,1H3,(H,19,22)/t6-/m0/s1. The van der Waals surface area contributed by atoms with E-state index < -0.39 is 35.3 Å². The lowest BCUT2D eigenvalue weighted by molar-refractivity contribution is -0.149. The minimum atomic E-state index is -4.69. The molecule has 0 spiro atoms. The maximum atomic E-state index is 13.8. The van der Waals surface area contributed by atoms with Gasteiger partial charge in [-0.15, -0.1) is 0 Å². The number of hydrogen-bond acceptors (Lipinski definition) is 3.